The first-order valence-electron chi connectivity index (χ1n) is 10.2. The Bertz CT molecular complexity index is 1010. The molecule has 0 aliphatic carbocycles. The van der Waals surface area contributed by atoms with E-state index in [1.165, 1.54) is 12.1 Å². The van der Waals surface area contributed by atoms with Gasteiger partial charge in [0.2, 0.25) is 0 Å². The number of alkyl carbamates (subject to hydrolysis) is 1. The summed E-state index contributed by atoms with van der Waals surface area (Å²) in [5.41, 5.74) is -1.37. The highest BCUT2D eigenvalue weighted by molar-refractivity contribution is 7.91. The van der Waals surface area contributed by atoms with Crippen molar-refractivity contribution in [1.29, 1.82) is 0 Å². The summed E-state index contributed by atoms with van der Waals surface area (Å²) in [6.45, 7) is 5.09. The lowest BCUT2D eigenvalue weighted by atomic mass is 9.78. The molecule has 2 aliphatic heterocycles. The largest absolute Gasteiger partial charge is 0.444 e. The third-order valence-electron chi connectivity index (χ3n) is 5.36. The number of benzene rings is 1. The Hall–Kier alpha value is -2.95. The molecule has 0 atom stereocenters. The summed E-state index contributed by atoms with van der Waals surface area (Å²) in [5.74, 6) is -2.66. The molecule has 10 nitrogen and oxygen atoms in total. The van der Waals surface area contributed by atoms with Gasteiger partial charge in [0.05, 0.1) is 29.1 Å². The zero-order valence-electron chi connectivity index (χ0n) is 18.2. The minimum absolute atomic E-state index is 0.0192. The van der Waals surface area contributed by atoms with Crippen LogP contribution in [0.2, 0.25) is 0 Å². The van der Waals surface area contributed by atoms with Crippen LogP contribution < -0.4 is 5.32 Å². The number of nitrogens with one attached hydrogen (secondary N) is 1. The number of amides is 3. The molecule has 3 rings (SSSR count). The number of sulfone groups is 1. The molecule has 1 aromatic carbocycles. The third kappa shape index (κ3) is 5.45. The van der Waals surface area contributed by atoms with Gasteiger partial charge in [-0.2, -0.15) is 0 Å². The lowest BCUT2D eigenvalue weighted by Gasteiger charge is -2.36. The van der Waals surface area contributed by atoms with Gasteiger partial charge in [0, 0.05) is 12.0 Å². The van der Waals surface area contributed by atoms with Gasteiger partial charge in [-0.1, -0.05) is 17.2 Å². The Kier molecular flexibility index (Phi) is 6.32. The van der Waals surface area contributed by atoms with E-state index in [0.29, 0.717) is 5.06 Å². The van der Waals surface area contributed by atoms with Gasteiger partial charge < -0.3 is 14.9 Å². The molecule has 174 valence electrons. The van der Waals surface area contributed by atoms with Crippen molar-refractivity contribution in [3.63, 3.8) is 0 Å². The average Bonchev–Trinajstić information content (AvgIpc) is 2.93. The van der Waals surface area contributed by atoms with E-state index in [1.54, 1.807) is 32.9 Å². The van der Waals surface area contributed by atoms with Crippen LogP contribution in [0.4, 0.5) is 4.79 Å². The van der Waals surface area contributed by atoms with Crippen LogP contribution in [0, 0.1) is 5.41 Å². The maximum Gasteiger partial charge on any atom is 0.407 e. The Balaban J connectivity index is 1.69. The number of rotatable bonds is 5. The molecule has 0 spiro atoms. The summed E-state index contributed by atoms with van der Waals surface area (Å²) in [6.07, 6.45) is -0.754. The number of carbonyl (C=O) groups excluding carboxylic acids is 4. The molecule has 11 heteroatoms. The van der Waals surface area contributed by atoms with Crippen molar-refractivity contribution in [3.8, 4) is 0 Å². The second-order valence-corrected chi connectivity index (χ2v) is 11.4. The van der Waals surface area contributed by atoms with E-state index in [0.717, 1.165) is 0 Å². The summed E-state index contributed by atoms with van der Waals surface area (Å²) in [4.78, 5) is 54.7. The number of hydroxylamine groups is 2. The number of carbonyl (C=O) groups is 4. The van der Waals surface area contributed by atoms with Gasteiger partial charge in [0.15, 0.2) is 0 Å². The van der Waals surface area contributed by atoms with Crippen LogP contribution in [-0.4, -0.2) is 61.0 Å². The van der Waals surface area contributed by atoms with E-state index in [1.807, 2.05) is 0 Å². The zero-order valence-corrected chi connectivity index (χ0v) is 19.0. The maximum absolute atomic E-state index is 12.7. The van der Waals surface area contributed by atoms with Crippen molar-refractivity contribution in [3.05, 3.63) is 35.4 Å². The van der Waals surface area contributed by atoms with Crippen molar-refractivity contribution in [1.82, 2.24) is 10.4 Å². The van der Waals surface area contributed by atoms with Crippen molar-refractivity contribution in [2.75, 3.05) is 18.1 Å². The van der Waals surface area contributed by atoms with Crippen LogP contribution in [-0.2, 0) is 24.2 Å². The number of hydrogen-bond acceptors (Lipinski definition) is 8. The van der Waals surface area contributed by atoms with Crippen LogP contribution >= 0.6 is 0 Å². The summed E-state index contributed by atoms with van der Waals surface area (Å²) in [7, 11) is -3.25. The summed E-state index contributed by atoms with van der Waals surface area (Å²) in [6, 6.07) is 6.10. The van der Waals surface area contributed by atoms with Gasteiger partial charge in [0.25, 0.3) is 11.8 Å². The lowest BCUT2D eigenvalue weighted by molar-refractivity contribution is -0.171. The molecule has 1 aromatic rings. The maximum atomic E-state index is 12.7. The smallest absolute Gasteiger partial charge is 0.407 e. The minimum Gasteiger partial charge on any atom is -0.444 e. The van der Waals surface area contributed by atoms with Crippen LogP contribution in [0.3, 0.4) is 0 Å². The molecule has 1 N–H and O–H groups in total. The molecule has 0 saturated carbocycles. The first-order chi connectivity index (χ1) is 14.8. The summed E-state index contributed by atoms with van der Waals surface area (Å²) < 4.78 is 29.0. The second-order valence-electron chi connectivity index (χ2n) is 9.10. The van der Waals surface area contributed by atoms with Gasteiger partial charge in [-0.3, -0.25) is 9.59 Å². The second kappa shape index (κ2) is 8.53. The van der Waals surface area contributed by atoms with Crippen molar-refractivity contribution >= 4 is 33.7 Å². The molecular weight excluding hydrogens is 440 g/mol. The molecule has 0 bridgehead atoms. The summed E-state index contributed by atoms with van der Waals surface area (Å²) in [5, 5.41) is 3.01. The van der Waals surface area contributed by atoms with Gasteiger partial charge >= 0.3 is 12.1 Å². The highest BCUT2D eigenvalue weighted by Gasteiger charge is 2.43. The van der Waals surface area contributed by atoms with Gasteiger partial charge in [-0.15, -0.1) is 0 Å². The fourth-order valence-corrected chi connectivity index (χ4v) is 5.34. The van der Waals surface area contributed by atoms with E-state index in [2.05, 4.69) is 5.32 Å². The van der Waals surface area contributed by atoms with Crippen molar-refractivity contribution < 1.29 is 37.2 Å². The average molecular weight is 467 g/mol. The number of fused-ring (bicyclic) bond motifs is 1. The fraction of sp³-hybridized carbons (Fsp3) is 0.524. The Labute approximate surface area is 186 Å². The number of hydrogen-bond donors (Lipinski definition) is 1. The third-order valence-corrected chi connectivity index (χ3v) is 7.01. The monoisotopic (exact) mass is 466 g/mol. The van der Waals surface area contributed by atoms with Crippen LogP contribution in [0.15, 0.2) is 24.3 Å². The molecule has 2 heterocycles. The van der Waals surface area contributed by atoms with Crippen LogP contribution in [0.1, 0.15) is 60.7 Å². The number of imide groups is 1. The van der Waals surface area contributed by atoms with E-state index in [4.69, 9.17) is 9.57 Å². The normalized spacial score (nSPS) is 19.3. The van der Waals surface area contributed by atoms with E-state index in [9.17, 15) is 27.6 Å². The van der Waals surface area contributed by atoms with Gasteiger partial charge in [-0.05, 0) is 45.7 Å². The predicted octanol–water partition coefficient (Wildman–Crippen LogP) is 1.85. The van der Waals surface area contributed by atoms with E-state index >= 15 is 0 Å². The molecular formula is C21H26N2O8S. The molecule has 32 heavy (non-hydrogen) atoms. The first kappa shape index (κ1) is 23.7. The molecule has 2 aliphatic rings. The zero-order chi connectivity index (χ0) is 23.7. The lowest BCUT2D eigenvalue weighted by Crippen LogP contribution is -2.46. The minimum atomic E-state index is -3.25. The number of ether oxygens (including phenoxy) is 1. The highest BCUT2D eigenvalue weighted by Crippen LogP contribution is 2.36. The molecule has 1 saturated heterocycles. The van der Waals surface area contributed by atoms with Crippen LogP contribution in [0.25, 0.3) is 0 Å². The van der Waals surface area contributed by atoms with Crippen LogP contribution in [0.5, 0.6) is 0 Å². The Morgan fingerprint density at radius 2 is 1.59 bits per heavy atom. The van der Waals surface area contributed by atoms with Gasteiger partial charge in [0.1, 0.15) is 15.4 Å². The SMILES string of the molecule is CC(C)(C)OC(=O)NCC1(CC(=O)ON2C(=O)c3ccccc3C2=O)CCS(=O)(=O)CC1. The fourth-order valence-electron chi connectivity index (χ4n) is 3.65. The standard InChI is InChI=1S/C21H26N2O8S/c1-20(2,3)30-19(27)22-13-21(8-10-32(28,29)11-9-21)12-16(24)31-23-17(25)14-6-4-5-7-15(14)18(23)26/h4-7H,8-13H2,1-3H3,(H,22,27). The Morgan fingerprint density at radius 3 is 2.09 bits per heavy atom. The van der Waals surface area contributed by atoms with E-state index < -0.39 is 44.7 Å². The molecule has 0 aromatic heterocycles. The van der Waals surface area contributed by atoms with Crippen molar-refractivity contribution in [2.24, 2.45) is 5.41 Å². The number of nitrogens with zero attached hydrogens (tertiary/aromatic N) is 1. The first-order valence-corrected chi connectivity index (χ1v) is 12.0. The Morgan fingerprint density at radius 1 is 1.06 bits per heavy atom. The molecule has 1 fully saturated rings. The quantitative estimate of drug-likeness (QED) is 0.649. The van der Waals surface area contributed by atoms with Gasteiger partial charge in [-0.25, -0.2) is 18.0 Å². The summed E-state index contributed by atoms with van der Waals surface area (Å²) >= 11 is 0. The topological polar surface area (TPSA) is 136 Å². The van der Waals surface area contributed by atoms with Crippen molar-refractivity contribution in [2.45, 2.75) is 45.6 Å². The van der Waals surface area contributed by atoms with E-state index in [-0.39, 0.29) is 48.4 Å². The molecule has 0 radical (unpaired) electrons. The predicted molar refractivity (Wildman–Crippen MR) is 112 cm³/mol. The molecule has 0 unspecified atom stereocenters. The highest BCUT2D eigenvalue weighted by atomic mass is 32.2. The molecule has 3 amide bonds.